The lowest BCUT2D eigenvalue weighted by atomic mass is 9.95. The molecule has 0 aromatic carbocycles. The van der Waals surface area contributed by atoms with Crippen LogP contribution in [0.1, 0.15) is 43.2 Å². The summed E-state index contributed by atoms with van der Waals surface area (Å²) in [6, 6.07) is 9.97. The van der Waals surface area contributed by atoms with Crippen LogP contribution < -0.4 is 0 Å². The second kappa shape index (κ2) is 8.69. The van der Waals surface area contributed by atoms with Gasteiger partial charge < -0.3 is 14.2 Å². The maximum Gasteiger partial charge on any atom is 0.222 e. The Morgan fingerprint density at radius 3 is 2.79 bits per heavy atom. The van der Waals surface area contributed by atoms with Crippen molar-refractivity contribution in [3.63, 3.8) is 0 Å². The molecule has 3 aromatic heterocycles. The van der Waals surface area contributed by atoms with Gasteiger partial charge in [-0.3, -0.25) is 9.78 Å². The van der Waals surface area contributed by atoms with Gasteiger partial charge in [0.1, 0.15) is 11.3 Å². The van der Waals surface area contributed by atoms with Crippen LogP contribution in [0.25, 0.3) is 11.2 Å². The monoisotopic (exact) mass is 393 g/mol. The number of hydrogen-bond acceptors (Lipinski definition) is 5. The number of imidazole rings is 1. The third kappa shape index (κ3) is 4.15. The Kier molecular flexibility index (Phi) is 5.85. The molecule has 152 valence electrons. The minimum Gasteiger partial charge on any atom is -0.383 e. The largest absolute Gasteiger partial charge is 0.383 e. The van der Waals surface area contributed by atoms with Crippen molar-refractivity contribution in [1.82, 2.24) is 24.4 Å². The predicted molar refractivity (Wildman–Crippen MR) is 111 cm³/mol. The molecule has 7 heteroatoms. The van der Waals surface area contributed by atoms with Gasteiger partial charge in [0.05, 0.1) is 12.6 Å². The van der Waals surface area contributed by atoms with Crippen LogP contribution in [0, 0.1) is 0 Å². The van der Waals surface area contributed by atoms with Crippen molar-refractivity contribution in [3.8, 4) is 0 Å². The van der Waals surface area contributed by atoms with Crippen molar-refractivity contribution >= 4 is 17.1 Å². The number of rotatable bonds is 8. The molecule has 3 aromatic rings. The summed E-state index contributed by atoms with van der Waals surface area (Å²) in [7, 11) is 1.70. The van der Waals surface area contributed by atoms with Crippen LogP contribution in [0.15, 0.2) is 42.7 Å². The molecular weight excluding hydrogens is 366 g/mol. The maximum atomic E-state index is 12.5. The minimum atomic E-state index is 0.139. The van der Waals surface area contributed by atoms with Crippen LogP contribution in [0.2, 0.25) is 0 Å². The molecule has 29 heavy (non-hydrogen) atoms. The van der Waals surface area contributed by atoms with E-state index < -0.39 is 0 Å². The third-order valence-corrected chi connectivity index (χ3v) is 5.50. The molecule has 1 amide bonds. The Morgan fingerprint density at radius 2 is 2.03 bits per heavy atom. The van der Waals surface area contributed by atoms with Gasteiger partial charge in [0, 0.05) is 57.0 Å². The molecule has 0 spiro atoms. The van der Waals surface area contributed by atoms with E-state index in [1.165, 1.54) is 0 Å². The summed E-state index contributed by atoms with van der Waals surface area (Å²) in [4.78, 5) is 28.1. The lowest BCUT2D eigenvalue weighted by Crippen LogP contribution is -2.48. The number of fused-ring (bicyclic) bond motifs is 1. The summed E-state index contributed by atoms with van der Waals surface area (Å²) < 4.78 is 7.47. The average molecular weight is 393 g/mol. The summed E-state index contributed by atoms with van der Waals surface area (Å²) in [6.45, 7) is 4.23. The number of amides is 1. The fourth-order valence-corrected chi connectivity index (χ4v) is 3.97. The molecule has 4 heterocycles. The molecule has 0 saturated carbocycles. The standard InChI is InChI=1S/C22H27N5O2/c1-16(15-29-2)27-20(25-19-8-6-12-24-22(19)27)9-5-10-21(28)26-13-17(14-26)18-7-3-4-11-23-18/h3-4,6-8,11-12,16-17H,5,9-10,13-15H2,1-2H3/t16-/m0/s1. The fraction of sp³-hybridized carbons (Fsp3) is 0.455. The van der Waals surface area contributed by atoms with Gasteiger partial charge in [0.2, 0.25) is 5.91 Å². The normalized spacial score (nSPS) is 15.4. The highest BCUT2D eigenvalue weighted by Crippen LogP contribution is 2.26. The molecule has 1 aliphatic rings. The predicted octanol–water partition coefficient (Wildman–Crippen LogP) is 2.98. The van der Waals surface area contributed by atoms with Crippen molar-refractivity contribution in [2.45, 2.75) is 38.1 Å². The first-order chi connectivity index (χ1) is 14.2. The van der Waals surface area contributed by atoms with E-state index in [0.29, 0.717) is 18.9 Å². The van der Waals surface area contributed by atoms with Gasteiger partial charge in [0.25, 0.3) is 0 Å². The van der Waals surface area contributed by atoms with Gasteiger partial charge in [-0.1, -0.05) is 6.07 Å². The van der Waals surface area contributed by atoms with Crippen molar-refractivity contribution < 1.29 is 9.53 Å². The number of carbonyl (C=O) groups excluding carboxylic acids is 1. The molecule has 1 aliphatic heterocycles. The molecule has 1 atom stereocenters. The molecular formula is C22H27N5O2. The van der Waals surface area contributed by atoms with Gasteiger partial charge in [-0.25, -0.2) is 9.97 Å². The number of carbonyl (C=O) groups is 1. The highest BCUT2D eigenvalue weighted by Gasteiger charge is 2.32. The minimum absolute atomic E-state index is 0.139. The van der Waals surface area contributed by atoms with Crippen LogP contribution in [0.4, 0.5) is 0 Å². The SMILES string of the molecule is COC[C@H](C)n1c(CCCC(=O)N2CC(c3ccccn3)C2)nc2cccnc21. The highest BCUT2D eigenvalue weighted by molar-refractivity contribution is 5.77. The number of methoxy groups -OCH3 is 1. The molecule has 7 nitrogen and oxygen atoms in total. The van der Waals surface area contributed by atoms with Gasteiger partial charge in [0.15, 0.2) is 5.65 Å². The van der Waals surface area contributed by atoms with Crippen molar-refractivity contribution in [1.29, 1.82) is 0 Å². The Balaban J connectivity index is 1.34. The summed E-state index contributed by atoms with van der Waals surface area (Å²) in [5.41, 5.74) is 2.84. The smallest absolute Gasteiger partial charge is 0.222 e. The van der Waals surface area contributed by atoms with Crippen LogP contribution in [0.3, 0.4) is 0 Å². The summed E-state index contributed by atoms with van der Waals surface area (Å²) in [5.74, 6) is 1.54. The number of aromatic nitrogens is 4. The topological polar surface area (TPSA) is 73.1 Å². The van der Waals surface area contributed by atoms with E-state index in [1.54, 1.807) is 13.3 Å². The molecule has 4 rings (SSSR count). The van der Waals surface area contributed by atoms with Crippen LogP contribution in [-0.2, 0) is 16.0 Å². The average Bonchev–Trinajstić information content (AvgIpc) is 3.06. The fourth-order valence-electron chi connectivity index (χ4n) is 3.97. The Labute approximate surface area is 170 Å². The summed E-state index contributed by atoms with van der Waals surface area (Å²) in [5, 5.41) is 0. The Bertz CT molecular complexity index is 966. The zero-order valence-corrected chi connectivity index (χ0v) is 17.0. The second-order valence-electron chi connectivity index (χ2n) is 7.65. The first kappa shape index (κ1) is 19.5. The summed E-state index contributed by atoms with van der Waals surface area (Å²) >= 11 is 0. The van der Waals surface area contributed by atoms with Gasteiger partial charge in [-0.2, -0.15) is 0 Å². The van der Waals surface area contributed by atoms with E-state index in [-0.39, 0.29) is 11.9 Å². The zero-order valence-electron chi connectivity index (χ0n) is 17.0. The second-order valence-corrected chi connectivity index (χ2v) is 7.65. The number of hydrogen-bond donors (Lipinski definition) is 0. The van der Waals surface area contributed by atoms with E-state index >= 15 is 0 Å². The van der Waals surface area contributed by atoms with E-state index in [0.717, 1.165) is 48.6 Å². The van der Waals surface area contributed by atoms with Crippen molar-refractivity contribution in [2.24, 2.45) is 0 Å². The lowest BCUT2D eigenvalue weighted by molar-refractivity contribution is -0.135. The quantitative estimate of drug-likeness (QED) is 0.588. The number of likely N-dealkylation sites (tertiary alicyclic amines) is 1. The molecule has 1 fully saturated rings. The highest BCUT2D eigenvalue weighted by atomic mass is 16.5. The third-order valence-electron chi connectivity index (χ3n) is 5.50. The van der Waals surface area contributed by atoms with E-state index in [2.05, 4.69) is 21.5 Å². The lowest BCUT2D eigenvalue weighted by Gasteiger charge is -2.39. The molecule has 0 unspecified atom stereocenters. The zero-order chi connectivity index (χ0) is 20.2. The summed E-state index contributed by atoms with van der Waals surface area (Å²) in [6.07, 6.45) is 5.64. The number of ether oxygens (including phenoxy) is 1. The molecule has 0 bridgehead atoms. The molecule has 0 radical (unpaired) electrons. The van der Waals surface area contributed by atoms with Gasteiger partial charge in [-0.15, -0.1) is 0 Å². The first-order valence-corrected chi connectivity index (χ1v) is 10.2. The van der Waals surface area contributed by atoms with E-state index in [4.69, 9.17) is 9.72 Å². The van der Waals surface area contributed by atoms with Crippen LogP contribution in [-0.4, -0.2) is 57.1 Å². The van der Waals surface area contributed by atoms with Crippen LogP contribution >= 0.6 is 0 Å². The molecule has 0 aliphatic carbocycles. The van der Waals surface area contributed by atoms with Crippen LogP contribution in [0.5, 0.6) is 0 Å². The Hall–Kier alpha value is -2.80. The number of aryl methyl sites for hydroxylation is 1. The van der Waals surface area contributed by atoms with Gasteiger partial charge in [-0.05, 0) is 37.6 Å². The first-order valence-electron chi connectivity index (χ1n) is 10.2. The maximum absolute atomic E-state index is 12.5. The van der Waals surface area contributed by atoms with E-state index in [1.807, 2.05) is 41.4 Å². The van der Waals surface area contributed by atoms with Crippen molar-refractivity contribution in [2.75, 3.05) is 26.8 Å². The molecule has 0 N–H and O–H groups in total. The van der Waals surface area contributed by atoms with Crippen molar-refractivity contribution in [3.05, 3.63) is 54.2 Å². The van der Waals surface area contributed by atoms with E-state index in [9.17, 15) is 4.79 Å². The Morgan fingerprint density at radius 1 is 1.21 bits per heavy atom. The van der Waals surface area contributed by atoms with Gasteiger partial charge >= 0.3 is 0 Å². The number of pyridine rings is 2. The molecule has 1 saturated heterocycles. The number of nitrogens with zero attached hydrogens (tertiary/aromatic N) is 5.